The molecule has 3 amide bonds. The number of nitrogens with zero attached hydrogens (tertiary/aromatic N) is 1. The highest BCUT2D eigenvalue weighted by molar-refractivity contribution is 6.01. The van der Waals surface area contributed by atoms with E-state index in [2.05, 4.69) is 16.1 Å². The van der Waals surface area contributed by atoms with E-state index >= 15 is 0 Å². The number of carbonyl (C=O) groups is 3. The van der Waals surface area contributed by atoms with Gasteiger partial charge in [0.05, 0.1) is 5.69 Å². The molecule has 3 rings (SSSR count). The number of rotatable bonds is 5. The van der Waals surface area contributed by atoms with Crippen molar-refractivity contribution in [1.82, 2.24) is 16.1 Å². The summed E-state index contributed by atoms with van der Waals surface area (Å²) < 4.78 is 0. The van der Waals surface area contributed by atoms with E-state index in [0.29, 0.717) is 23.7 Å². The summed E-state index contributed by atoms with van der Waals surface area (Å²) in [6, 6.07) is 6.68. The van der Waals surface area contributed by atoms with E-state index in [9.17, 15) is 14.4 Å². The molecule has 2 aliphatic rings. The van der Waals surface area contributed by atoms with Gasteiger partial charge < -0.3 is 10.6 Å². The molecule has 0 radical (unpaired) electrons. The standard InChI is InChI=1S/C18H24N4O3/c23-16-7-8-17(24)22(21-16)15-5-3-14(4-6-15)18(25)20-11-9-13-2-1-10-19-12-13/h3-6,13,19H,1-2,7-12H2,(H,20,25)(H,21,23). The maximum Gasteiger partial charge on any atom is 0.251 e. The smallest absolute Gasteiger partial charge is 0.251 e. The molecule has 1 atom stereocenters. The fraction of sp³-hybridized carbons (Fsp3) is 0.500. The van der Waals surface area contributed by atoms with Crippen molar-refractivity contribution in [3.05, 3.63) is 29.8 Å². The van der Waals surface area contributed by atoms with Crippen molar-refractivity contribution < 1.29 is 14.4 Å². The zero-order valence-electron chi connectivity index (χ0n) is 14.2. The Hall–Kier alpha value is -2.41. The third-order valence-corrected chi connectivity index (χ3v) is 4.68. The zero-order valence-corrected chi connectivity index (χ0v) is 14.2. The molecular weight excluding hydrogens is 320 g/mol. The monoisotopic (exact) mass is 344 g/mol. The Bertz CT molecular complexity index is 638. The number of piperidine rings is 1. The summed E-state index contributed by atoms with van der Waals surface area (Å²) in [6.45, 7) is 2.78. The van der Waals surface area contributed by atoms with Crippen LogP contribution in [0.4, 0.5) is 5.69 Å². The Kier molecular flexibility index (Phi) is 5.65. The van der Waals surface area contributed by atoms with Crippen LogP contribution >= 0.6 is 0 Å². The Labute approximate surface area is 147 Å². The lowest BCUT2D eigenvalue weighted by Gasteiger charge is -2.27. The predicted octanol–water partition coefficient (Wildman–Crippen LogP) is 0.964. The van der Waals surface area contributed by atoms with E-state index in [1.54, 1.807) is 24.3 Å². The molecule has 0 saturated carbocycles. The molecule has 1 aromatic carbocycles. The highest BCUT2D eigenvalue weighted by atomic mass is 16.2. The van der Waals surface area contributed by atoms with Crippen LogP contribution < -0.4 is 21.1 Å². The van der Waals surface area contributed by atoms with Crippen LogP contribution in [-0.2, 0) is 9.59 Å². The lowest BCUT2D eigenvalue weighted by molar-refractivity contribution is -0.130. The SMILES string of the molecule is O=C1CCC(=O)N(c2ccc(C(=O)NCCC3CCCNC3)cc2)N1. The number of hydrazine groups is 1. The van der Waals surface area contributed by atoms with Gasteiger partial charge in [0.25, 0.3) is 5.91 Å². The molecule has 7 nitrogen and oxygen atoms in total. The van der Waals surface area contributed by atoms with Crippen molar-refractivity contribution in [3.8, 4) is 0 Å². The minimum absolute atomic E-state index is 0.121. The fourth-order valence-corrected chi connectivity index (χ4v) is 3.21. The summed E-state index contributed by atoms with van der Waals surface area (Å²) in [5.74, 6) is 0.172. The normalized spacial score (nSPS) is 21.0. The lowest BCUT2D eigenvalue weighted by Crippen LogP contribution is -2.50. The maximum absolute atomic E-state index is 12.2. The van der Waals surface area contributed by atoms with Gasteiger partial charge in [-0.3, -0.25) is 19.8 Å². The Morgan fingerprint density at radius 2 is 2.00 bits per heavy atom. The van der Waals surface area contributed by atoms with Crippen LogP contribution in [0.2, 0.25) is 0 Å². The van der Waals surface area contributed by atoms with Crippen LogP contribution in [-0.4, -0.2) is 37.4 Å². The molecule has 3 N–H and O–H groups in total. The number of hydrogen-bond donors (Lipinski definition) is 3. The first-order chi connectivity index (χ1) is 12.1. The van der Waals surface area contributed by atoms with Gasteiger partial charge in [-0.15, -0.1) is 0 Å². The number of carbonyl (C=O) groups excluding carboxylic acids is 3. The van der Waals surface area contributed by atoms with E-state index in [1.807, 2.05) is 0 Å². The van der Waals surface area contributed by atoms with Crippen molar-refractivity contribution in [2.75, 3.05) is 24.6 Å². The van der Waals surface area contributed by atoms with E-state index in [-0.39, 0.29) is 30.6 Å². The second kappa shape index (κ2) is 8.11. The summed E-state index contributed by atoms with van der Waals surface area (Å²) in [4.78, 5) is 35.5. The fourth-order valence-electron chi connectivity index (χ4n) is 3.21. The molecule has 0 aliphatic carbocycles. The third-order valence-electron chi connectivity index (χ3n) is 4.68. The summed E-state index contributed by atoms with van der Waals surface area (Å²) in [6.07, 6.45) is 3.81. The largest absolute Gasteiger partial charge is 0.352 e. The van der Waals surface area contributed by atoms with Crippen molar-refractivity contribution in [3.63, 3.8) is 0 Å². The van der Waals surface area contributed by atoms with Crippen LogP contribution in [0.5, 0.6) is 0 Å². The van der Waals surface area contributed by atoms with Crippen molar-refractivity contribution >= 4 is 23.4 Å². The first-order valence-electron chi connectivity index (χ1n) is 8.85. The van der Waals surface area contributed by atoms with Crippen LogP contribution in [0.1, 0.15) is 42.5 Å². The second-order valence-electron chi connectivity index (χ2n) is 6.57. The van der Waals surface area contributed by atoms with Crippen molar-refractivity contribution in [1.29, 1.82) is 0 Å². The molecular formula is C18H24N4O3. The number of hydrogen-bond acceptors (Lipinski definition) is 4. The first kappa shape index (κ1) is 17.4. The minimum atomic E-state index is -0.182. The van der Waals surface area contributed by atoms with Gasteiger partial charge in [-0.1, -0.05) is 0 Å². The second-order valence-corrected chi connectivity index (χ2v) is 6.57. The van der Waals surface area contributed by atoms with Gasteiger partial charge in [-0.05, 0) is 62.5 Å². The zero-order chi connectivity index (χ0) is 17.6. The van der Waals surface area contributed by atoms with Crippen LogP contribution in [0.15, 0.2) is 24.3 Å². The average Bonchev–Trinajstić information content (AvgIpc) is 2.65. The number of nitrogens with one attached hydrogen (secondary N) is 3. The van der Waals surface area contributed by atoms with Crippen LogP contribution in [0.3, 0.4) is 0 Å². The van der Waals surface area contributed by atoms with Crippen LogP contribution in [0, 0.1) is 5.92 Å². The molecule has 2 saturated heterocycles. The molecule has 7 heteroatoms. The topological polar surface area (TPSA) is 90.5 Å². The first-order valence-corrected chi connectivity index (χ1v) is 8.85. The van der Waals surface area contributed by atoms with Gasteiger partial charge in [0.2, 0.25) is 11.8 Å². The Morgan fingerprint density at radius 1 is 1.20 bits per heavy atom. The van der Waals surface area contributed by atoms with E-state index in [0.717, 1.165) is 19.5 Å². The quantitative estimate of drug-likeness (QED) is 0.742. The van der Waals surface area contributed by atoms with E-state index in [4.69, 9.17) is 0 Å². The highest BCUT2D eigenvalue weighted by Gasteiger charge is 2.24. The van der Waals surface area contributed by atoms with Crippen molar-refractivity contribution in [2.24, 2.45) is 5.92 Å². The van der Waals surface area contributed by atoms with Gasteiger partial charge in [0, 0.05) is 24.9 Å². The van der Waals surface area contributed by atoms with Gasteiger partial charge in [0.1, 0.15) is 0 Å². The average molecular weight is 344 g/mol. The van der Waals surface area contributed by atoms with Gasteiger partial charge in [-0.25, -0.2) is 5.01 Å². The minimum Gasteiger partial charge on any atom is -0.352 e. The predicted molar refractivity (Wildman–Crippen MR) is 93.8 cm³/mol. The Morgan fingerprint density at radius 3 is 2.72 bits per heavy atom. The van der Waals surface area contributed by atoms with E-state index in [1.165, 1.54) is 17.9 Å². The van der Waals surface area contributed by atoms with Gasteiger partial charge in [-0.2, -0.15) is 0 Å². The molecule has 25 heavy (non-hydrogen) atoms. The number of amides is 3. The number of benzene rings is 1. The molecule has 1 aromatic rings. The highest BCUT2D eigenvalue weighted by Crippen LogP contribution is 2.18. The van der Waals surface area contributed by atoms with E-state index < -0.39 is 0 Å². The molecule has 2 aliphatic heterocycles. The lowest BCUT2D eigenvalue weighted by atomic mass is 9.96. The van der Waals surface area contributed by atoms with Gasteiger partial charge in [0.15, 0.2) is 0 Å². The molecule has 2 fully saturated rings. The van der Waals surface area contributed by atoms with Crippen LogP contribution in [0.25, 0.3) is 0 Å². The van der Waals surface area contributed by atoms with Gasteiger partial charge >= 0.3 is 0 Å². The molecule has 134 valence electrons. The third kappa shape index (κ3) is 4.57. The maximum atomic E-state index is 12.2. The molecule has 0 aromatic heterocycles. The summed E-state index contributed by atoms with van der Waals surface area (Å²) >= 11 is 0. The number of anilines is 1. The Balaban J connectivity index is 1.51. The summed E-state index contributed by atoms with van der Waals surface area (Å²) in [7, 11) is 0. The molecule has 1 unspecified atom stereocenters. The molecule has 2 heterocycles. The summed E-state index contributed by atoms with van der Waals surface area (Å²) in [5.41, 5.74) is 3.64. The summed E-state index contributed by atoms with van der Waals surface area (Å²) in [5, 5.41) is 7.56. The molecule has 0 spiro atoms. The van der Waals surface area contributed by atoms with Crippen molar-refractivity contribution in [2.45, 2.75) is 32.1 Å². The molecule has 0 bridgehead atoms.